The van der Waals surface area contributed by atoms with Gasteiger partial charge < -0.3 is 20.5 Å². The first-order valence-corrected chi connectivity index (χ1v) is 11.5. The number of amides is 1. The van der Waals surface area contributed by atoms with Crippen LogP contribution in [0.15, 0.2) is 28.7 Å². The van der Waals surface area contributed by atoms with Gasteiger partial charge in [0.2, 0.25) is 0 Å². The van der Waals surface area contributed by atoms with Crippen molar-refractivity contribution in [2.45, 2.75) is 50.9 Å². The lowest BCUT2D eigenvalue weighted by Crippen LogP contribution is -2.43. The van der Waals surface area contributed by atoms with Crippen molar-refractivity contribution in [2.75, 3.05) is 11.9 Å². The highest BCUT2D eigenvalue weighted by molar-refractivity contribution is 9.10. The zero-order chi connectivity index (χ0) is 25.9. The van der Waals surface area contributed by atoms with Crippen LogP contribution in [0.2, 0.25) is 0 Å². The Morgan fingerprint density at radius 2 is 1.86 bits per heavy atom. The Bertz CT molecular complexity index is 1100. The molecule has 3 N–H and O–H groups in total. The number of hydrogen-bond acceptors (Lipinski definition) is 4. The molecule has 0 spiro atoms. The van der Waals surface area contributed by atoms with Gasteiger partial charge in [-0.3, -0.25) is 4.79 Å². The molecule has 6 nitrogen and oxygen atoms in total. The number of carbonyl (C=O) groups excluding carboxylic acids is 1. The van der Waals surface area contributed by atoms with E-state index in [1.807, 2.05) is 5.32 Å². The minimum atomic E-state index is -4.65. The van der Waals surface area contributed by atoms with Crippen molar-refractivity contribution in [1.82, 2.24) is 5.32 Å². The number of carbonyl (C=O) groups is 2. The molecule has 2 aromatic carbocycles. The maximum Gasteiger partial charge on any atom is 0.408 e. The van der Waals surface area contributed by atoms with Crippen LogP contribution in [0.25, 0.3) is 0 Å². The summed E-state index contributed by atoms with van der Waals surface area (Å²) >= 11 is 3.37. The number of fused-ring (bicyclic) bond motifs is 1. The molecule has 0 aliphatic carbocycles. The van der Waals surface area contributed by atoms with Gasteiger partial charge in [-0.15, -0.1) is 0 Å². The van der Waals surface area contributed by atoms with Gasteiger partial charge in [0.15, 0.2) is 0 Å². The first-order chi connectivity index (χ1) is 16.4. The lowest BCUT2D eigenvalue weighted by molar-refractivity contribution is -0.143. The van der Waals surface area contributed by atoms with E-state index >= 15 is 0 Å². The first kappa shape index (κ1) is 26.7. The molecule has 0 aromatic heterocycles. The van der Waals surface area contributed by atoms with E-state index in [0.29, 0.717) is 47.4 Å². The van der Waals surface area contributed by atoms with Crippen LogP contribution in [-0.2, 0) is 17.6 Å². The molecule has 1 aliphatic heterocycles. The fraction of sp³-hybridized carbons (Fsp3) is 0.391. The lowest BCUT2D eigenvalue weighted by atomic mass is 9.95. The smallest absolute Gasteiger partial charge is 0.408 e. The van der Waals surface area contributed by atoms with Gasteiger partial charge in [0, 0.05) is 12.1 Å². The van der Waals surface area contributed by atoms with Crippen LogP contribution in [-0.4, -0.2) is 41.8 Å². The SMILES string of the molecule is CCC(Nc1cc(F)c(C(=O)NC(Cc2ccc(Br)c3c2CCCO3)C(=O)O)c(F)c1)C(F)(F)F. The van der Waals surface area contributed by atoms with Crippen LogP contribution in [0.5, 0.6) is 5.75 Å². The molecule has 3 rings (SSSR count). The van der Waals surface area contributed by atoms with Gasteiger partial charge in [-0.25, -0.2) is 13.6 Å². The van der Waals surface area contributed by atoms with E-state index in [2.05, 4.69) is 21.2 Å². The van der Waals surface area contributed by atoms with Crippen molar-refractivity contribution >= 4 is 33.5 Å². The van der Waals surface area contributed by atoms with Gasteiger partial charge in [-0.2, -0.15) is 13.2 Å². The minimum absolute atomic E-state index is 0.174. The van der Waals surface area contributed by atoms with Crippen LogP contribution in [0, 0.1) is 11.6 Å². The zero-order valence-corrected chi connectivity index (χ0v) is 20.0. The van der Waals surface area contributed by atoms with Crippen LogP contribution < -0.4 is 15.4 Å². The average molecular weight is 565 g/mol. The number of carboxylic acids is 1. The van der Waals surface area contributed by atoms with Crippen molar-refractivity contribution < 1.29 is 41.4 Å². The van der Waals surface area contributed by atoms with E-state index < -0.39 is 53.0 Å². The number of alkyl halides is 3. The van der Waals surface area contributed by atoms with Crippen molar-refractivity contribution in [3.63, 3.8) is 0 Å². The number of nitrogens with one attached hydrogen (secondary N) is 2. The number of hydrogen-bond donors (Lipinski definition) is 3. The van der Waals surface area contributed by atoms with Crippen molar-refractivity contribution in [1.29, 1.82) is 0 Å². The molecule has 1 amide bonds. The van der Waals surface area contributed by atoms with Gasteiger partial charge in [0.05, 0.1) is 11.1 Å². The van der Waals surface area contributed by atoms with Crippen molar-refractivity contribution in [3.8, 4) is 5.75 Å². The topological polar surface area (TPSA) is 87.7 Å². The van der Waals surface area contributed by atoms with Crippen LogP contribution >= 0.6 is 15.9 Å². The van der Waals surface area contributed by atoms with Crippen molar-refractivity contribution in [2.24, 2.45) is 0 Å². The number of halogens is 6. The quantitative estimate of drug-likeness (QED) is 0.382. The largest absolute Gasteiger partial charge is 0.492 e. The minimum Gasteiger partial charge on any atom is -0.492 e. The predicted molar refractivity (Wildman–Crippen MR) is 121 cm³/mol. The molecule has 12 heteroatoms. The molecule has 190 valence electrons. The number of carboxylic acid groups (broad SMARTS) is 1. The maximum absolute atomic E-state index is 14.6. The number of benzene rings is 2. The van der Waals surface area contributed by atoms with Gasteiger partial charge in [-0.1, -0.05) is 13.0 Å². The maximum atomic E-state index is 14.6. The highest BCUT2D eigenvalue weighted by Crippen LogP contribution is 2.36. The third-order valence-electron chi connectivity index (χ3n) is 5.57. The second kappa shape index (κ2) is 10.8. The summed E-state index contributed by atoms with van der Waals surface area (Å²) in [5, 5.41) is 13.7. The normalized spacial score (nSPS) is 14.9. The summed E-state index contributed by atoms with van der Waals surface area (Å²) in [6, 6.07) is 0.899. The Labute approximate surface area is 206 Å². The molecule has 2 atom stereocenters. The number of rotatable bonds is 8. The zero-order valence-electron chi connectivity index (χ0n) is 18.4. The lowest BCUT2D eigenvalue weighted by Gasteiger charge is -2.23. The third kappa shape index (κ3) is 6.22. The van der Waals surface area contributed by atoms with Gasteiger partial charge >= 0.3 is 12.1 Å². The highest BCUT2D eigenvalue weighted by Gasteiger charge is 2.38. The number of ether oxygens (including phenoxy) is 1. The second-order valence-electron chi connectivity index (χ2n) is 8.00. The monoisotopic (exact) mass is 564 g/mol. The van der Waals surface area contributed by atoms with Crippen LogP contribution in [0.1, 0.15) is 41.3 Å². The van der Waals surface area contributed by atoms with Gasteiger partial charge in [-0.05, 0) is 64.5 Å². The molecular weight excluding hydrogens is 543 g/mol. The Balaban J connectivity index is 1.82. The molecule has 2 unspecified atom stereocenters. The second-order valence-corrected chi connectivity index (χ2v) is 8.85. The van der Waals surface area contributed by atoms with E-state index in [1.165, 1.54) is 6.92 Å². The molecule has 0 saturated carbocycles. The Kier molecular flexibility index (Phi) is 8.24. The molecule has 0 fully saturated rings. The molecule has 0 radical (unpaired) electrons. The van der Waals surface area contributed by atoms with Crippen molar-refractivity contribution in [3.05, 3.63) is 57.1 Å². The highest BCUT2D eigenvalue weighted by atomic mass is 79.9. The van der Waals surface area contributed by atoms with Crippen LogP contribution in [0.4, 0.5) is 27.6 Å². The van der Waals surface area contributed by atoms with Gasteiger partial charge in [0.1, 0.15) is 35.0 Å². The fourth-order valence-corrected chi connectivity index (χ4v) is 4.31. The number of anilines is 1. The predicted octanol–water partition coefficient (Wildman–Crippen LogP) is 5.23. The summed E-state index contributed by atoms with van der Waals surface area (Å²) in [4.78, 5) is 24.4. The molecule has 0 saturated heterocycles. The summed E-state index contributed by atoms with van der Waals surface area (Å²) in [5.74, 6) is -5.05. The summed E-state index contributed by atoms with van der Waals surface area (Å²) in [7, 11) is 0. The first-order valence-electron chi connectivity index (χ1n) is 10.7. The Morgan fingerprint density at radius 1 is 1.20 bits per heavy atom. The van der Waals surface area contributed by atoms with Crippen LogP contribution in [0.3, 0.4) is 0 Å². The third-order valence-corrected chi connectivity index (χ3v) is 6.19. The summed E-state index contributed by atoms with van der Waals surface area (Å²) in [6.07, 6.45) is -3.88. The molecule has 35 heavy (non-hydrogen) atoms. The van der Waals surface area contributed by atoms with E-state index in [-0.39, 0.29) is 12.8 Å². The number of aliphatic carboxylic acids is 1. The Morgan fingerprint density at radius 3 is 2.43 bits per heavy atom. The molecule has 1 aliphatic rings. The van der Waals surface area contributed by atoms with E-state index in [9.17, 15) is 36.6 Å². The summed E-state index contributed by atoms with van der Waals surface area (Å²) < 4.78 is 74.3. The summed E-state index contributed by atoms with van der Waals surface area (Å²) in [5.41, 5.74) is -0.233. The molecule has 1 heterocycles. The average Bonchev–Trinajstić information content (AvgIpc) is 2.77. The van der Waals surface area contributed by atoms with Gasteiger partial charge in [0.25, 0.3) is 5.91 Å². The fourth-order valence-electron chi connectivity index (χ4n) is 3.82. The molecule has 2 aromatic rings. The van der Waals surface area contributed by atoms with E-state index in [0.717, 1.165) is 5.56 Å². The molecule has 0 bridgehead atoms. The van der Waals surface area contributed by atoms with E-state index in [4.69, 9.17) is 4.74 Å². The summed E-state index contributed by atoms with van der Waals surface area (Å²) in [6.45, 7) is 1.75. The molecular formula is C23H22BrF5N2O4. The Hall–Kier alpha value is -2.89. The standard InChI is InChI=1S/C23H22BrF5N2O4/c1-2-18(23(27,28)29)30-12-9-15(25)19(16(26)10-12)21(32)31-17(22(33)34)8-11-5-6-14(24)20-13(11)4-3-7-35-20/h5-6,9-10,17-18,30H,2-4,7-8H2,1H3,(H,31,32)(H,33,34). The van der Waals surface area contributed by atoms with E-state index in [1.54, 1.807) is 12.1 Å².